The van der Waals surface area contributed by atoms with Gasteiger partial charge in [0.1, 0.15) is 11.5 Å². The van der Waals surface area contributed by atoms with E-state index in [0.717, 1.165) is 29.4 Å². The molecule has 1 N–H and O–H groups in total. The van der Waals surface area contributed by atoms with Crippen molar-refractivity contribution in [3.8, 4) is 11.5 Å². The molecule has 1 aromatic rings. The standard InChI is InChI=1S/C15H21ClN2O2S/c1-5-15(2)6-7-21-14(18-15)17-11-9-12(19-3)10(16)8-13(11)20-4/h8-9H,5-7H2,1-4H3,(H,17,18). The molecular weight excluding hydrogens is 308 g/mol. The summed E-state index contributed by atoms with van der Waals surface area (Å²) in [7, 11) is 3.22. The molecule has 21 heavy (non-hydrogen) atoms. The van der Waals surface area contributed by atoms with Crippen molar-refractivity contribution in [2.24, 2.45) is 4.99 Å². The van der Waals surface area contributed by atoms with Crippen LogP contribution in [0, 0.1) is 0 Å². The van der Waals surface area contributed by atoms with Crippen LogP contribution in [0.25, 0.3) is 0 Å². The molecule has 0 saturated carbocycles. The first-order valence-electron chi connectivity index (χ1n) is 6.92. The fourth-order valence-corrected chi connectivity index (χ4v) is 3.53. The van der Waals surface area contributed by atoms with E-state index >= 15 is 0 Å². The van der Waals surface area contributed by atoms with E-state index in [0.29, 0.717) is 16.5 Å². The number of thioether (sulfide) groups is 1. The number of nitrogens with zero attached hydrogens (tertiary/aromatic N) is 1. The monoisotopic (exact) mass is 328 g/mol. The van der Waals surface area contributed by atoms with Gasteiger partial charge < -0.3 is 14.8 Å². The molecule has 0 bridgehead atoms. The maximum Gasteiger partial charge on any atom is 0.161 e. The number of aliphatic imine (C=N–C) groups is 1. The lowest BCUT2D eigenvalue weighted by molar-refractivity contribution is 0.405. The second-order valence-electron chi connectivity index (χ2n) is 5.18. The van der Waals surface area contributed by atoms with E-state index in [4.69, 9.17) is 26.1 Å². The summed E-state index contributed by atoms with van der Waals surface area (Å²) in [6, 6.07) is 3.58. The number of rotatable bonds is 4. The Bertz CT molecular complexity index is 551. The van der Waals surface area contributed by atoms with Gasteiger partial charge in [-0.25, -0.2) is 0 Å². The van der Waals surface area contributed by atoms with Gasteiger partial charge in [0.05, 0.1) is 30.5 Å². The van der Waals surface area contributed by atoms with Crippen molar-refractivity contribution in [2.45, 2.75) is 32.2 Å². The molecule has 4 nitrogen and oxygen atoms in total. The summed E-state index contributed by atoms with van der Waals surface area (Å²) in [6.45, 7) is 4.36. The third kappa shape index (κ3) is 3.77. The predicted molar refractivity (Wildman–Crippen MR) is 91.4 cm³/mol. The Morgan fingerprint density at radius 3 is 2.67 bits per heavy atom. The Morgan fingerprint density at radius 2 is 2.05 bits per heavy atom. The van der Waals surface area contributed by atoms with Gasteiger partial charge in [-0.2, -0.15) is 0 Å². The number of benzene rings is 1. The van der Waals surface area contributed by atoms with Gasteiger partial charge in [-0.3, -0.25) is 4.99 Å². The zero-order valence-corrected chi connectivity index (χ0v) is 14.4. The molecule has 6 heteroatoms. The first kappa shape index (κ1) is 16.3. The van der Waals surface area contributed by atoms with Crippen molar-refractivity contribution in [3.05, 3.63) is 17.2 Å². The number of hydrogen-bond acceptors (Lipinski definition) is 5. The third-order valence-corrected chi connectivity index (χ3v) is 4.90. The minimum absolute atomic E-state index is 0.0112. The van der Waals surface area contributed by atoms with Crippen LogP contribution >= 0.6 is 23.4 Å². The number of ether oxygens (including phenoxy) is 2. The summed E-state index contributed by atoms with van der Waals surface area (Å²) in [4.78, 5) is 4.82. The summed E-state index contributed by atoms with van der Waals surface area (Å²) < 4.78 is 10.6. The first-order chi connectivity index (χ1) is 10.0. The molecule has 0 aromatic heterocycles. The molecule has 0 amide bonds. The van der Waals surface area contributed by atoms with E-state index in [9.17, 15) is 0 Å². The molecule has 1 unspecified atom stereocenters. The summed E-state index contributed by atoms with van der Waals surface area (Å²) in [6.07, 6.45) is 2.13. The first-order valence-corrected chi connectivity index (χ1v) is 8.29. The maximum absolute atomic E-state index is 6.12. The predicted octanol–water partition coefficient (Wildman–Crippen LogP) is 4.43. The van der Waals surface area contributed by atoms with Crippen LogP contribution in [-0.2, 0) is 0 Å². The molecule has 2 rings (SSSR count). The molecule has 116 valence electrons. The van der Waals surface area contributed by atoms with Gasteiger partial charge in [-0.05, 0) is 19.8 Å². The molecule has 1 heterocycles. The molecule has 0 radical (unpaired) electrons. The molecule has 0 spiro atoms. The highest BCUT2D eigenvalue weighted by Gasteiger charge is 2.26. The second-order valence-corrected chi connectivity index (χ2v) is 6.67. The van der Waals surface area contributed by atoms with Gasteiger partial charge in [0.25, 0.3) is 0 Å². The van der Waals surface area contributed by atoms with Gasteiger partial charge in [-0.15, -0.1) is 0 Å². The zero-order chi connectivity index (χ0) is 15.5. The average Bonchev–Trinajstić information content (AvgIpc) is 2.48. The van der Waals surface area contributed by atoms with Crippen LogP contribution < -0.4 is 14.8 Å². The van der Waals surface area contributed by atoms with Crippen LogP contribution in [-0.4, -0.2) is 30.7 Å². The average molecular weight is 329 g/mol. The number of anilines is 1. The lowest BCUT2D eigenvalue weighted by atomic mass is 9.97. The van der Waals surface area contributed by atoms with Crippen molar-refractivity contribution < 1.29 is 9.47 Å². The summed E-state index contributed by atoms with van der Waals surface area (Å²) in [5.74, 6) is 2.34. The van der Waals surface area contributed by atoms with Crippen molar-refractivity contribution >= 4 is 34.2 Å². The molecular formula is C15H21ClN2O2S. The third-order valence-electron chi connectivity index (χ3n) is 3.73. The maximum atomic E-state index is 6.12. The number of halogens is 1. The van der Waals surface area contributed by atoms with Crippen molar-refractivity contribution in [3.63, 3.8) is 0 Å². The summed E-state index contributed by atoms with van der Waals surface area (Å²) in [5, 5.41) is 4.78. The van der Waals surface area contributed by atoms with E-state index in [1.807, 2.05) is 6.07 Å². The molecule has 1 aliphatic heterocycles. The lowest BCUT2D eigenvalue weighted by Crippen LogP contribution is -2.29. The van der Waals surface area contributed by atoms with Crippen LogP contribution in [0.2, 0.25) is 5.02 Å². The molecule has 0 aliphatic carbocycles. The van der Waals surface area contributed by atoms with E-state index in [2.05, 4.69) is 19.2 Å². The molecule has 0 saturated heterocycles. The van der Waals surface area contributed by atoms with E-state index in [1.54, 1.807) is 32.0 Å². The highest BCUT2D eigenvalue weighted by atomic mass is 35.5. The van der Waals surface area contributed by atoms with Crippen LogP contribution in [0.1, 0.15) is 26.7 Å². The minimum atomic E-state index is 0.0112. The van der Waals surface area contributed by atoms with Gasteiger partial charge >= 0.3 is 0 Å². The number of methoxy groups -OCH3 is 2. The smallest absolute Gasteiger partial charge is 0.161 e. The summed E-state index contributed by atoms with van der Waals surface area (Å²) in [5.41, 5.74) is 0.822. The Balaban J connectivity index is 2.30. The van der Waals surface area contributed by atoms with Crippen LogP contribution in [0.15, 0.2) is 17.1 Å². The van der Waals surface area contributed by atoms with Gasteiger partial charge in [0.15, 0.2) is 5.17 Å². The highest BCUT2D eigenvalue weighted by molar-refractivity contribution is 8.14. The fourth-order valence-electron chi connectivity index (χ4n) is 2.09. The quantitative estimate of drug-likeness (QED) is 0.887. The summed E-state index contributed by atoms with van der Waals surface area (Å²) >= 11 is 7.84. The topological polar surface area (TPSA) is 42.8 Å². The largest absolute Gasteiger partial charge is 0.495 e. The van der Waals surface area contributed by atoms with Crippen molar-refractivity contribution in [2.75, 3.05) is 25.3 Å². The Kier molecular flexibility index (Phi) is 5.27. The fraction of sp³-hybridized carbons (Fsp3) is 0.533. The second kappa shape index (κ2) is 6.79. The van der Waals surface area contributed by atoms with Crippen LogP contribution in [0.5, 0.6) is 11.5 Å². The zero-order valence-electron chi connectivity index (χ0n) is 12.8. The lowest BCUT2D eigenvalue weighted by Gasteiger charge is -2.29. The van der Waals surface area contributed by atoms with Crippen LogP contribution in [0.4, 0.5) is 5.69 Å². The van der Waals surface area contributed by atoms with E-state index in [-0.39, 0.29) is 5.54 Å². The molecule has 1 aliphatic rings. The number of nitrogens with one attached hydrogen (secondary N) is 1. The van der Waals surface area contributed by atoms with Crippen molar-refractivity contribution in [1.82, 2.24) is 0 Å². The highest BCUT2D eigenvalue weighted by Crippen LogP contribution is 2.37. The Morgan fingerprint density at radius 1 is 1.33 bits per heavy atom. The molecule has 0 fully saturated rings. The van der Waals surface area contributed by atoms with Gasteiger partial charge in [-0.1, -0.05) is 30.3 Å². The minimum Gasteiger partial charge on any atom is -0.495 e. The van der Waals surface area contributed by atoms with Gasteiger partial charge in [0.2, 0.25) is 0 Å². The number of amidine groups is 1. The van der Waals surface area contributed by atoms with E-state index < -0.39 is 0 Å². The Labute approximate surface area is 135 Å². The Hall–Kier alpha value is -1.07. The van der Waals surface area contributed by atoms with E-state index in [1.165, 1.54) is 0 Å². The SMILES string of the molecule is CCC1(C)CCSC(Nc2cc(OC)c(Cl)cc2OC)=N1. The molecule has 1 aromatic carbocycles. The normalized spacial score (nSPS) is 21.7. The number of hydrogen-bond donors (Lipinski definition) is 1. The van der Waals surface area contributed by atoms with Crippen LogP contribution in [0.3, 0.4) is 0 Å². The van der Waals surface area contributed by atoms with Crippen molar-refractivity contribution in [1.29, 1.82) is 0 Å². The van der Waals surface area contributed by atoms with Gasteiger partial charge in [0, 0.05) is 17.9 Å². The molecule has 1 atom stereocenters.